The van der Waals surface area contributed by atoms with E-state index in [1.165, 1.54) is 49.2 Å². The van der Waals surface area contributed by atoms with Crippen molar-refractivity contribution in [1.82, 2.24) is 10.2 Å². The van der Waals surface area contributed by atoms with Gasteiger partial charge in [0.2, 0.25) is 0 Å². The number of halogens is 1. The molecule has 3 nitrogen and oxygen atoms in total. The van der Waals surface area contributed by atoms with Crippen LogP contribution in [-0.2, 0) is 11.2 Å². The zero-order valence-corrected chi connectivity index (χ0v) is 17.4. The molecule has 1 aliphatic carbocycles. The number of fused-ring (bicyclic) bond motifs is 1. The first-order valence-electron chi connectivity index (χ1n) is 10.4. The highest BCUT2D eigenvalue weighted by Gasteiger charge is 2.42. The number of carbonyl (C=O) groups is 1. The van der Waals surface area contributed by atoms with Crippen LogP contribution in [0.1, 0.15) is 50.2 Å². The molecule has 4 heteroatoms. The van der Waals surface area contributed by atoms with Crippen molar-refractivity contribution >= 4 is 18.2 Å². The van der Waals surface area contributed by atoms with Crippen molar-refractivity contribution in [3.8, 4) is 0 Å². The molecule has 0 amide bonds. The Hall–Kier alpha value is -1.16. The summed E-state index contributed by atoms with van der Waals surface area (Å²) in [6.07, 6.45) is 7.31. The van der Waals surface area contributed by atoms with Crippen molar-refractivity contribution in [2.45, 2.75) is 51.5 Å². The fourth-order valence-electron chi connectivity index (χ4n) is 4.96. The predicted octanol–water partition coefficient (Wildman–Crippen LogP) is 3.97. The summed E-state index contributed by atoms with van der Waals surface area (Å²) in [5.74, 6) is 1.48. The molecule has 3 unspecified atom stereocenters. The third-order valence-corrected chi connectivity index (χ3v) is 6.57. The summed E-state index contributed by atoms with van der Waals surface area (Å²) in [5, 5.41) is 3.48. The minimum Gasteiger partial charge on any atom is -0.303 e. The molecule has 27 heavy (non-hydrogen) atoms. The molecule has 3 atom stereocenters. The number of Topliss-reactive ketones (excluding diaryl/α,β-unsaturated/α-hetero) is 1. The lowest BCUT2D eigenvalue weighted by atomic mass is 9.84. The normalized spacial score (nSPS) is 27.5. The minimum atomic E-state index is -0.0373. The number of rotatable bonds is 6. The number of hydrogen-bond acceptors (Lipinski definition) is 3. The van der Waals surface area contributed by atoms with Crippen LogP contribution >= 0.6 is 12.4 Å². The van der Waals surface area contributed by atoms with Crippen LogP contribution in [0.2, 0.25) is 0 Å². The van der Waals surface area contributed by atoms with Gasteiger partial charge in [0.25, 0.3) is 0 Å². The molecule has 1 aromatic rings. The molecule has 0 aromatic heterocycles. The lowest BCUT2D eigenvalue weighted by Crippen LogP contribution is -2.34. The monoisotopic (exact) mass is 388 g/mol. The van der Waals surface area contributed by atoms with Gasteiger partial charge in [-0.1, -0.05) is 44.2 Å². The minimum absolute atomic E-state index is 0. The Kier molecular flexibility index (Phi) is 6.78. The maximum absolute atomic E-state index is 12.4. The summed E-state index contributed by atoms with van der Waals surface area (Å²) in [5.41, 5.74) is 4.24. The van der Waals surface area contributed by atoms with Gasteiger partial charge in [0, 0.05) is 24.9 Å². The van der Waals surface area contributed by atoms with E-state index in [0.717, 1.165) is 19.4 Å². The number of likely N-dealkylation sites (tertiary alicyclic amines) is 1. The molecule has 2 heterocycles. The van der Waals surface area contributed by atoms with Gasteiger partial charge in [-0.05, 0) is 61.4 Å². The number of benzene rings is 1. The molecule has 0 spiro atoms. The van der Waals surface area contributed by atoms with Crippen molar-refractivity contribution in [2.24, 2.45) is 11.8 Å². The van der Waals surface area contributed by atoms with E-state index < -0.39 is 0 Å². The number of carbonyl (C=O) groups excluding carboxylic acids is 1. The van der Waals surface area contributed by atoms with E-state index in [0.29, 0.717) is 17.6 Å². The summed E-state index contributed by atoms with van der Waals surface area (Å²) < 4.78 is 0. The first-order valence-corrected chi connectivity index (χ1v) is 10.4. The van der Waals surface area contributed by atoms with Crippen molar-refractivity contribution in [3.63, 3.8) is 0 Å². The lowest BCUT2D eigenvalue weighted by Gasteiger charge is -2.19. The fraction of sp³-hybridized carbons (Fsp3) is 0.609. The van der Waals surface area contributed by atoms with Crippen LogP contribution in [-0.4, -0.2) is 42.9 Å². The van der Waals surface area contributed by atoms with Crippen LogP contribution in [0.5, 0.6) is 0 Å². The van der Waals surface area contributed by atoms with E-state index in [-0.39, 0.29) is 24.4 Å². The molecule has 2 aliphatic heterocycles. The Labute approximate surface area is 170 Å². The second-order valence-electron chi connectivity index (χ2n) is 8.59. The Morgan fingerprint density at radius 1 is 1.15 bits per heavy atom. The number of allylic oxidation sites excluding steroid dienone is 1. The second-order valence-corrected chi connectivity index (χ2v) is 8.59. The molecule has 4 rings (SSSR count). The largest absolute Gasteiger partial charge is 0.303 e. The van der Waals surface area contributed by atoms with E-state index in [9.17, 15) is 4.79 Å². The quantitative estimate of drug-likeness (QED) is 0.748. The average molecular weight is 389 g/mol. The molecule has 2 fully saturated rings. The van der Waals surface area contributed by atoms with Gasteiger partial charge in [0.1, 0.15) is 0 Å². The maximum Gasteiger partial charge on any atom is 0.156 e. The summed E-state index contributed by atoms with van der Waals surface area (Å²) >= 11 is 0. The number of hydrogen-bond donors (Lipinski definition) is 1. The van der Waals surface area contributed by atoms with Gasteiger partial charge in [-0.15, -0.1) is 12.4 Å². The molecule has 1 aromatic carbocycles. The van der Waals surface area contributed by atoms with Gasteiger partial charge in [0.15, 0.2) is 5.78 Å². The molecule has 0 saturated carbocycles. The van der Waals surface area contributed by atoms with Gasteiger partial charge in [-0.2, -0.15) is 0 Å². The van der Waals surface area contributed by atoms with Gasteiger partial charge in [-0.3, -0.25) is 4.79 Å². The van der Waals surface area contributed by atoms with E-state index in [1.54, 1.807) is 0 Å². The number of nitrogens with zero attached hydrogens (tertiary/aromatic N) is 1. The van der Waals surface area contributed by atoms with Gasteiger partial charge >= 0.3 is 0 Å². The predicted molar refractivity (Wildman–Crippen MR) is 114 cm³/mol. The van der Waals surface area contributed by atoms with E-state index in [4.69, 9.17) is 0 Å². The average Bonchev–Trinajstić information content (AvgIpc) is 3.37. The molecule has 2 saturated heterocycles. The second kappa shape index (κ2) is 8.89. The third-order valence-electron chi connectivity index (χ3n) is 6.57. The summed E-state index contributed by atoms with van der Waals surface area (Å²) in [6, 6.07) is 9.27. The Bertz CT molecular complexity index is 676. The molecular formula is C23H33ClN2O. The molecule has 0 radical (unpaired) electrons. The van der Waals surface area contributed by atoms with Gasteiger partial charge in [-0.25, -0.2) is 0 Å². The summed E-state index contributed by atoms with van der Waals surface area (Å²) in [4.78, 5) is 15.0. The Morgan fingerprint density at radius 3 is 2.52 bits per heavy atom. The van der Waals surface area contributed by atoms with E-state index in [2.05, 4.69) is 40.6 Å². The number of nitrogens with one attached hydrogen (secondary N) is 1. The SMILES string of the molecule is CC(C)C(=O)C1NCC2C1=CCC2c1ccc(CCN2CCCC2)cc1.Cl. The number of ketones is 1. The fourth-order valence-corrected chi connectivity index (χ4v) is 4.96. The van der Waals surface area contributed by atoms with Crippen LogP contribution in [0.3, 0.4) is 0 Å². The van der Waals surface area contributed by atoms with Crippen molar-refractivity contribution < 1.29 is 4.79 Å². The lowest BCUT2D eigenvalue weighted by molar-refractivity contribution is -0.122. The first-order chi connectivity index (χ1) is 12.6. The van der Waals surface area contributed by atoms with Crippen molar-refractivity contribution in [1.29, 1.82) is 0 Å². The van der Waals surface area contributed by atoms with E-state index in [1.807, 2.05) is 13.8 Å². The Morgan fingerprint density at radius 2 is 1.85 bits per heavy atom. The molecule has 1 N–H and O–H groups in total. The smallest absolute Gasteiger partial charge is 0.156 e. The third kappa shape index (κ3) is 4.31. The van der Waals surface area contributed by atoms with Crippen molar-refractivity contribution in [2.75, 3.05) is 26.2 Å². The molecule has 3 aliphatic rings. The van der Waals surface area contributed by atoms with Gasteiger partial charge < -0.3 is 10.2 Å². The van der Waals surface area contributed by atoms with E-state index >= 15 is 0 Å². The highest BCUT2D eigenvalue weighted by Crippen LogP contribution is 2.43. The standard InChI is InChI=1S/C23H32N2O.ClH/c1-16(2)23(26)22-20-10-9-19(21(20)15-24-22)18-7-5-17(6-8-18)11-14-25-12-3-4-13-25;/h5-8,10,16,19,21-22,24H,3-4,9,11-15H2,1-2H3;1H. The van der Waals surface area contributed by atoms with Crippen LogP contribution < -0.4 is 5.32 Å². The Balaban J connectivity index is 0.00000210. The molecular weight excluding hydrogens is 356 g/mol. The molecule has 148 valence electrons. The van der Waals surface area contributed by atoms with Crippen LogP contribution in [0.25, 0.3) is 0 Å². The molecule has 0 bridgehead atoms. The van der Waals surface area contributed by atoms with Gasteiger partial charge in [0.05, 0.1) is 6.04 Å². The first kappa shape index (κ1) is 20.6. The maximum atomic E-state index is 12.4. The summed E-state index contributed by atoms with van der Waals surface area (Å²) in [7, 11) is 0. The summed E-state index contributed by atoms with van der Waals surface area (Å²) in [6.45, 7) is 8.70. The zero-order chi connectivity index (χ0) is 18.1. The highest BCUT2D eigenvalue weighted by atomic mass is 35.5. The van der Waals surface area contributed by atoms with Crippen LogP contribution in [0.15, 0.2) is 35.9 Å². The highest BCUT2D eigenvalue weighted by molar-refractivity contribution is 5.89. The van der Waals surface area contributed by atoms with Crippen molar-refractivity contribution in [3.05, 3.63) is 47.0 Å². The van der Waals surface area contributed by atoms with Crippen LogP contribution in [0.4, 0.5) is 0 Å². The zero-order valence-electron chi connectivity index (χ0n) is 16.6. The topological polar surface area (TPSA) is 32.3 Å². The van der Waals surface area contributed by atoms with Crippen LogP contribution in [0, 0.1) is 11.8 Å².